The predicted octanol–water partition coefficient (Wildman–Crippen LogP) is 4.88. The summed E-state index contributed by atoms with van der Waals surface area (Å²) in [6.45, 7) is 0. The van der Waals surface area contributed by atoms with E-state index in [-0.39, 0.29) is 5.97 Å². The van der Waals surface area contributed by atoms with Gasteiger partial charge in [0.15, 0.2) is 5.82 Å². The third kappa shape index (κ3) is 4.26. The molecular formula is C23H16N2O4S. The van der Waals surface area contributed by atoms with Crippen molar-refractivity contribution in [3.05, 3.63) is 90.0 Å². The van der Waals surface area contributed by atoms with Gasteiger partial charge in [0.1, 0.15) is 10.8 Å². The Labute approximate surface area is 176 Å². The molecule has 0 amide bonds. The highest BCUT2D eigenvalue weighted by atomic mass is 32.1. The molecule has 1 aromatic heterocycles. The van der Waals surface area contributed by atoms with Crippen LogP contribution in [0, 0.1) is 0 Å². The van der Waals surface area contributed by atoms with Gasteiger partial charge >= 0.3 is 11.9 Å². The third-order valence-corrected chi connectivity index (χ3v) is 5.08. The fraction of sp³-hybridized carbons (Fsp3) is 0.0435. The molecule has 6 nitrogen and oxygen atoms in total. The molecule has 0 aliphatic rings. The van der Waals surface area contributed by atoms with Crippen LogP contribution in [-0.4, -0.2) is 28.4 Å². The van der Waals surface area contributed by atoms with E-state index in [4.69, 9.17) is 9.47 Å². The average molecular weight is 416 g/mol. The molecule has 1 heterocycles. The van der Waals surface area contributed by atoms with Crippen LogP contribution in [-0.2, 0) is 4.74 Å². The monoisotopic (exact) mass is 416 g/mol. The van der Waals surface area contributed by atoms with Crippen LogP contribution in [0.2, 0.25) is 0 Å². The Balaban J connectivity index is 1.47. The minimum atomic E-state index is -0.409. The van der Waals surface area contributed by atoms with Gasteiger partial charge in [-0.15, -0.1) is 0 Å². The maximum absolute atomic E-state index is 12.1. The standard InChI is InChI=1S/C23H16N2O4S/c1-28-22(26)18-9-7-16(8-10-18)21-24-20(25-30-21)15-11-13-19(14-12-15)29-23(27)17-5-3-2-4-6-17/h2-14H,1H3. The molecule has 0 aliphatic carbocycles. The number of nitrogens with zero attached hydrogens (tertiary/aromatic N) is 2. The van der Waals surface area contributed by atoms with Crippen molar-refractivity contribution in [1.29, 1.82) is 0 Å². The molecule has 7 heteroatoms. The number of methoxy groups -OCH3 is 1. The zero-order chi connectivity index (χ0) is 20.9. The first-order valence-electron chi connectivity index (χ1n) is 9.04. The molecule has 0 fully saturated rings. The van der Waals surface area contributed by atoms with Gasteiger partial charge in [-0.25, -0.2) is 14.6 Å². The van der Waals surface area contributed by atoms with Crippen LogP contribution >= 0.6 is 11.5 Å². The van der Waals surface area contributed by atoms with E-state index < -0.39 is 5.97 Å². The summed E-state index contributed by atoms with van der Waals surface area (Å²) in [5, 5.41) is 0.737. The summed E-state index contributed by atoms with van der Waals surface area (Å²) in [4.78, 5) is 28.3. The van der Waals surface area contributed by atoms with Crippen LogP contribution in [0.25, 0.3) is 22.0 Å². The van der Waals surface area contributed by atoms with E-state index in [1.807, 2.05) is 18.2 Å². The molecule has 0 spiro atoms. The van der Waals surface area contributed by atoms with E-state index in [0.29, 0.717) is 22.7 Å². The predicted molar refractivity (Wildman–Crippen MR) is 114 cm³/mol. The average Bonchev–Trinajstić information content (AvgIpc) is 3.30. The Morgan fingerprint density at radius 1 is 0.767 bits per heavy atom. The lowest BCUT2D eigenvalue weighted by Crippen LogP contribution is -2.07. The summed E-state index contributed by atoms with van der Waals surface area (Å²) in [5.74, 6) is 0.231. The molecule has 4 rings (SSSR count). The highest BCUT2D eigenvalue weighted by Gasteiger charge is 2.12. The Hall–Kier alpha value is -3.84. The second-order valence-electron chi connectivity index (χ2n) is 6.27. The van der Waals surface area contributed by atoms with Crippen LogP contribution < -0.4 is 4.74 Å². The molecular weight excluding hydrogens is 400 g/mol. The summed E-state index contributed by atoms with van der Waals surface area (Å²) < 4.78 is 14.5. The number of ether oxygens (including phenoxy) is 2. The largest absolute Gasteiger partial charge is 0.465 e. The zero-order valence-electron chi connectivity index (χ0n) is 15.9. The number of carbonyl (C=O) groups excluding carboxylic acids is 2. The third-order valence-electron chi connectivity index (χ3n) is 4.31. The number of benzene rings is 3. The Bertz CT molecular complexity index is 1170. The van der Waals surface area contributed by atoms with Crippen molar-refractivity contribution in [2.24, 2.45) is 0 Å². The van der Waals surface area contributed by atoms with Crippen molar-refractivity contribution >= 4 is 23.5 Å². The molecule has 0 N–H and O–H groups in total. The van der Waals surface area contributed by atoms with Crippen LogP contribution in [0.4, 0.5) is 0 Å². The smallest absolute Gasteiger partial charge is 0.343 e. The number of rotatable bonds is 5. The van der Waals surface area contributed by atoms with E-state index in [1.165, 1.54) is 18.6 Å². The molecule has 4 aromatic rings. The SMILES string of the molecule is COC(=O)c1ccc(-c2nc(-c3ccc(OC(=O)c4ccccc4)cc3)ns2)cc1. The molecule has 30 heavy (non-hydrogen) atoms. The first-order valence-corrected chi connectivity index (χ1v) is 9.81. The van der Waals surface area contributed by atoms with Gasteiger partial charge in [0.2, 0.25) is 0 Å². The summed E-state index contributed by atoms with van der Waals surface area (Å²) in [5.41, 5.74) is 2.64. The van der Waals surface area contributed by atoms with Gasteiger partial charge < -0.3 is 9.47 Å². The minimum absolute atomic E-state index is 0.382. The molecule has 148 valence electrons. The van der Waals surface area contributed by atoms with Gasteiger partial charge in [0.25, 0.3) is 0 Å². The second-order valence-corrected chi connectivity index (χ2v) is 7.02. The fourth-order valence-electron chi connectivity index (χ4n) is 2.74. The minimum Gasteiger partial charge on any atom is -0.465 e. The number of hydrogen-bond acceptors (Lipinski definition) is 7. The molecule has 0 saturated carbocycles. The number of esters is 2. The van der Waals surface area contributed by atoms with Crippen molar-refractivity contribution in [1.82, 2.24) is 9.36 Å². The maximum Gasteiger partial charge on any atom is 0.343 e. The number of hydrogen-bond donors (Lipinski definition) is 0. The first-order chi connectivity index (χ1) is 14.6. The van der Waals surface area contributed by atoms with Crippen molar-refractivity contribution < 1.29 is 19.1 Å². The van der Waals surface area contributed by atoms with Crippen molar-refractivity contribution in [2.45, 2.75) is 0 Å². The van der Waals surface area contributed by atoms with Crippen molar-refractivity contribution in [3.8, 4) is 27.7 Å². The van der Waals surface area contributed by atoms with E-state index in [2.05, 4.69) is 9.36 Å². The molecule has 0 saturated heterocycles. The lowest BCUT2D eigenvalue weighted by Gasteiger charge is -2.04. The number of carbonyl (C=O) groups is 2. The lowest BCUT2D eigenvalue weighted by molar-refractivity contribution is 0.0600. The Kier molecular flexibility index (Phi) is 5.63. The number of aromatic nitrogens is 2. The zero-order valence-corrected chi connectivity index (χ0v) is 16.8. The summed E-state index contributed by atoms with van der Waals surface area (Å²) in [6, 6.07) is 22.9. The summed E-state index contributed by atoms with van der Waals surface area (Å²) in [7, 11) is 1.35. The summed E-state index contributed by atoms with van der Waals surface area (Å²) in [6.07, 6.45) is 0. The van der Waals surface area contributed by atoms with E-state index >= 15 is 0 Å². The van der Waals surface area contributed by atoms with Crippen molar-refractivity contribution in [3.63, 3.8) is 0 Å². The van der Waals surface area contributed by atoms with Crippen LogP contribution in [0.3, 0.4) is 0 Å². The summed E-state index contributed by atoms with van der Waals surface area (Å²) >= 11 is 1.27. The Morgan fingerprint density at radius 2 is 1.40 bits per heavy atom. The molecule has 0 aliphatic heterocycles. The lowest BCUT2D eigenvalue weighted by atomic mass is 10.1. The Morgan fingerprint density at radius 3 is 2.07 bits per heavy atom. The topological polar surface area (TPSA) is 78.4 Å². The molecule has 0 atom stereocenters. The van der Waals surface area contributed by atoms with Crippen LogP contribution in [0.5, 0.6) is 5.75 Å². The van der Waals surface area contributed by atoms with E-state index in [9.17, 15) is 9.59 Å². The van der Waals surface area contributed by atoms with Gasteiger partial charge in [0.05, 0.1) is 18.2 Å². The van der Waals surface area contributed by atoms with Crippen LogP contribution in [0.15, 0.2) is 78.9 Å². The van der Waals surface area contributed by atoms with Gasteiger partial charge in [0, 0.05) is 11.1 Å². The van der Waals surface area contributed by atoms with E-state index in [1.54, 1.807) is 60.7 Å². The fourth-order valence-corrected chi connectivity index (χ4v) is 3.42. The van der Waals surface area contributed by atoms with Gasteiger partial charge in [-0.2, -0.15) is 4.37 Å². The second kappa shape index (κ2) is 8.67. The molecule has 0 unspecified atom stereocenters. The van der Waals surface area contributed by atoms with Gasteiger partial charge in [-0.3, -0.25) is 0 Å². The van der Waals surface area contributed by atoms with E-state index in [0.717, 1.165) is 16.1 Å². The van der Waals surface area contributed by atoms with Crippen LogP contribution in [0.1, 0.15) is 20.7 Å². The molecule has 0 bridgehead atoms. The maximum atomic E-state index is 12.1. The van der Waals surface area contributed by atoms with Gasteiger partial charge in [-0.05, 0) is 60.1 Å². The quantitative estimate of drug-likeness (QED) is 0.341. The normalized spacial score (nSPS) is 10.4. The molecule has 0 radical (unpaired) electrons. The van der Waals surface area contributed by atoms with Crippen molar-refractivity contribution in [2.75, 3.05) is 7.11 Å². The molecule has 3 aromatic carbocycles. The van der Waals surface area contributed by atoms with Gasteiger partial charge in [-0.1, -0.05) is 30.3 Å². The first kappa shape index (κ1) is 19.5. The highest BCUT2D eigenvalue weighted by molar-refractivity contribution is 7.09. The highest BCUT2D eigenvalue weighted by Crippen LogP contribution is 2.27.